The van der Waals surface area contributed by atoms with Crippen LogP contribution < -0.4 is 10.0 Å². The molecular weight excluding hydrogens is 260 g/mol. The summed E-state index contributed by atoms with van der Waals surface area (Å²) >= 11 is 1.28. The fourth-order valence-corrected chi connectivity index (χ4v) is 3.02. The van der Waals surface area contributed by atoms with Crippen molar-refractivity contribution in [3.05, 3.63) is 11.1 Å². The molecule has 0 aromatic carbocycles. The van der Waals surface area contributed by atoms with Crippen LogP contribution >= 0.6 is 11.3 Å². The molecule has 0 amide bonds. The maximum Gasteiger partial charge on any atom is 0.303 e. The molecule has 98 valence electrons. The minimum absolute atomic E-state index is 0.406. The van der Waals surface area contributed by atoms with E-state index in [1.807, 2.05) is 14.0 Å². The minimum atomic E-state index is -3.48. The van der Waals surface area contributed by atoms with Gasteiger partial charge in [-0.1, -0.05) is 0 Å². The predicted octanol–water partition coefficient (Wildman–Crippen LogP) is 0.650. The van der Waals surface area contributed by atoms with E-state index in [1.165, 1.54) is 15.6 Å². The number of nitrogens with one attached hydrogen (secondary N) is 2. The summed E-state index contributed by atoms with van der Waals surface area (Å²) in [6, 6.07) is 0. The molecule has 0 atom stereocenters. The highest BCUT2D eigenvalue weighted by Gasteiger charge is 2.18. The maximum atomic E-state index is 11.9. The van der Waals surface area contributed by atoms with Gasteiger partial charge in [-0.05, 0) is 26.9 Å². The average Bonchev–Trinajstić information content (AvgIpc) is 2.63. The molecular formula is C9H18N4O2S2. The number of anilines is 1. The van der Waals surface area contributed by atoms with Crippen molar-refractivity contribution in [2.24, 2.45) is 0 Å². The third-order valence-electron chi connectivity index (χ3n) is 2.15. The number of nitrogens with zero attached hydrogens (tertiary/aromatic N) is 2. The van der Waals surface area contributed by atoms with E-state index >= 15 is 0 Å². The summed E-state index contributed by atoms with van der Waals surface area (Å²) in [6.07, 6.45) is 0.769. The van der Waals surface area contributed by atoms with Gasteiger partial charge < -0.3 is 5.32 Å². The molecule has 0 radical (unpaired) electrons. The molecule has 0 fully saturated rings. The van der Waals surface area contributed by atoms with Gasteiger partial charge in [-0.25, -0.2) is 9.71 Å². The summed E-state index contributed by atoms with van der Waals surface area (Å²) in [4.78, 5) is 4.06. The van der Waals surface area contributed by atoms with Crippen LogP contribution in [-0.4, -0.2) is 44.9 Å². The summed E-state index contributed by atoms with van der Waals surface area (Å²) in [7, 11) is -0.0846. The van der Waals surface area contributed by atoms with Gasteiger partial charge in [0.2, 0.25) is 0 Å². The highest BCUT2D eigenvalue weighted by atomic mass is 32.2. The van der Waals surface area contributed by atoms with E-state index in [1.54, 1.807) is 12.4 Å². The molecule has 1 aromatic rings. The number of rotatable bonds is 7. The Balaban J connectivity index is 2.55. The molecule has 2 N–H and O–H groups in total. The van der Waals surface area contributed by atoms with Crippen molar-refractivity contribution >= 4 is 26.7 Å². The SMILES string of the molecule is CNCCCN(C)S(=O)(=O)Nc1nc(C)cs1. The molecule has 17 heavy (non-hydrogen) atoms. The second-order valence-electron chi connectivity index (χ2n) is 3.68. The van der Waals surface area contributed by atoms with E-state index in [0.29, 0.717) is 11.7 Å². The number of aromatic nitrogens is 1. The molecule has 0 saturated carbocycles. The molecule has 1 rings (SSSR count). The van der Waals surface area contributed by atoms with Gasteiger partial charge in [0.05, 0.1) is 5.69 Å². The number of hydrogen-bond donors (Lipinski definition) is 2. The Morgan fingerprint density at radius 3 is 2.76 bits per heavy atom. The van der Waals surface area contributed by atoms with Gasteiger partial charge >= 0.3 is 10.2 Å². The highest BCUT2D eigenvalue weighted by molar-refractivity contribution is 7.90. The summed E-state index contributed by atoms with van der Waals surface area (Å²) in [6.45, 7) is 3.09. The van der Waals surface area contributed by atoms with Gasteiger partial charge in [0.15, 0.2) is 5.13 Å². The lowest BCUT2D eigenvalue weighted by Gasteiger charge is -2.16. The standard InChI is InChI=1S/C9H18N4O2S2/c1-8-7-16-9(11-8)12-17(14,15)13(3)6-4-5-10-2/h7,10H,4-6H2,1-3H3,(H,11,12). The first-order chi connectivity index (χ1) is 7.95. The first-order valence-electron chi connectivity index (χ1n) is 5.26. The molecule has 0 aliphatic rings. The molecule has 1 aromatic heterocycles. The Kier molecular flexibility index (Phi) is 5.31. The molecule has 0 saturated heterocycles. The smallest absolute Gasteiger partial charge is 0.303 e. The highest BCUT2D eigenvalue weighted by Crippen LogP contribution is 2.16. The van der Waals surface area contributed by atoms with Crippen molar-refractivity contribution in [2.75, 3.05) is 31.9 Å². The van der Waals surface area contributed by atoms with Gasteiger partial charge in [-0.15, -0.1) is 11.3 Å². The summed E-state index contributed by atoms with van der Waals surface area (Å²) in [5.74, 6) is 0. The van der Waals surface area contributed by atoms with Crippen LogP contribution in [0, 0.1) is 6.92 Å². The quantitative estimate of drug-likeness (QED) is 0.718. The van der Waals surface area contributed by atoms with Crippen LogP contribution in [0.1, 0.15) is 12.1 Å². The van der Waals surface area contributed by atoms with Gasteiger partial charge in [0.1, 0.15) is 0 Å². The number of thiazole rings is 1. The van der Waals surface area contributed by atoms with Crippen molar-refractivity contribution in [1.29, 1.82) is 0 Å². The second-order valence-corrected chi connectivity index (χ2v) is 6.32. The Labute approximate surface area is 106 Å². The number of aryl methyl sites for hydroxylation is 1. The van der Waals surface area contributed by atoms with Crippen LogP contribution in [0.3, 0.4) is 0 Å². The van der Waals surface area contributed by atoms with Gasteiger partial charge in [0.25, 0.3) is 0 Å². The van der Waals surface area contributed by atoms with Gasteiger partial charge in [0, 0.05) is 19.0 Å². The predicted molar refractivity (Wildman–Crippen MR) is 70.6 cm³/mol. The van der Waals surface area contributed by atoms with Crippen molar-refractivity contribution < 1.29 is 8.42 Å². The lowest BCUT2D eigenvalue weighted by atomic mass is 10.4. The molecule has 8 heteroatoms. The van der Waals surface area contributed by atoms with Crippen molar-refractivity contribution in [3.63, 3.8) is 0 Å². The topological polar surface area (TPSA) is 74.3 Å². The Morgan fingerprint density at radius 1 is 1.53 bits per heavy atom. The van der Waals surface area contributed by atoms with Gasteiger partial charge in [-0.2, -0.15) is 12.7 Å². The molecule has 0 bridgehead atoms. The molecule has 6 nitrogen and oxygen atoms in total. The third-order valence-corrected chi connectivity index (χ3v) is 4.60. The van der Waals surface area contributed by atoms with Crippen molar-refractivity contribution in [3.8, 4) is 0 Å². The normalized spacial score (nSPS) is 12.0. The third kappa shape index (κ3) is 4.58. The van der Waals surface area contributed by atoms with Crippen LogP contribution in [-0.2, 0) is 10.2 Å². The van der Waals surface area contributed by atoms with Crippen LogP contribution in [0.15, 0.2) is 5.38 Å². The van der Waals surface area contributed by atoms with Crippen LogP contribution in [0.25, 0.3) is 0 Å². The van der Waals surface area contributed by atoms with E-state index < -0.39 is 10.2 Å². The van der Waals surface area contributed by atoms with E-state index in [2.05, 4.69) is 15.0 Å². The first-order valence-corrected chi connectivity index (χ1v) is 7.58. The average molecular weight is 278 g/mol. The van der Waals surface area contributed by atoms with Crippen LogP contribution in [0.2, 0.25) is 0 Å². The van der Waals surface area contributed by atoms with E-state index in [4.69, 9.17) is 0 Å². The van der Waals surface area contributed by atoms with Crippen LogP contribution in [0.5, 0.6) is 0 Å². The lowest BCUT2D eigenvalue weighted by Crippen LogP contribution is -2.34. The Morgan fingerprint density at radius 2 is 2.24 bits per heavy atom. The fourth-order valence-electron chi connectivity index (χ4n) is 1.19. The van der Waals surface area contributed by atoms with E-state index in [9.17, 15) is 8.42 Å². The molecule has 0 unspecified atom stereocenters. The van der Waals surface area contributed by atoms with Gasteiger partial charge in [-0.3, -0.25) is 0 Å². The zero-order valence-electron chi connectivity index (χ0n) is 10.2. The van der Waals surface area contributed by atoms with E-state index in [-0.39, 0.29) is 0 Å². The second kappa shape index (κ2) is 6.29. The molecule has 0 spiro atoms. The van der Waals surface area contributed by atoms with Crippen molar-refractivity contribution in [1.82, 2.24) is 14.6 Å². The van der Waals surface area contributed by atoms with E-state index in [0.717, 1.165) is 18.7 Å². The number of hydrogen-bond acceptors (Lipinski definition) is 5. The molecule has 0 aliphatic carbocycles. The lowest BCUT2D eigenvalue weighted by molar-refractivity contribution is 0.462. The Hall–Kier alpha value is -0.700. The first kappa shape index (κ1) is 14.4. The molecule has 1 heterocycles. The fraction of sp³-hybridized carbons (Fsp3) is 0.667. The summed E-state index contributed by atoms with van der Waals surface area (Å²) < 4.78 is 27.5. The van der Waals surface area contributed by atoms with Crippen LogP contribution in [0.4, 0.5) is 5.13 Å². The summed E-state index contributed by atoms with van der Waals surface area (Å²) in [5.41, 5.74) is 0.811. The Bertz CT molecular complexity index is 444. The zero-order valence-corrected chi connectivity index (χ0v) is 11.9. The molecule has 0 aliphatic heterocycles. The monoisotopic (exact) mass is 278 g/mol. The van der Waals surface area contributed by atoms with Crippen molar-refractivity contribution in [2.45, 2.75) is 13.3 Å². The minimum Gasteiger partial charge on any atom is -0.320 e. The summed E-state index contributed by atoms with van der Waals surface area (Å²) in [5, 5.41) is 5.19. The maximum absolute atomic E-state index is 11.9. The largest absolute Gasteiger partial charge is 0.320 e. The zero-order chi connectivity index (χ0) is 12.9.